The Morgan fingerprint density at radius 2 is 1.68 bits per heavy atom. The minimum Gasteiger partial charge on any atom is -0.497 e. The molecule has 5 rings (SSSR count). The molecule has 0 aliphatic carbocycles. The van der Waals surface area contributed by atoms with Crippen LogP contribution in [0, 0.1) is 0 Å². The zero-order valence-corrected chi connectivity index (χ0v) is 17.5. The normalized spacial score (nSPS) is 13.9. The highest BCUT2D eigenvalue weighted by molar-refractivity contribution is 7.11. The fourth-order valence-corrected chi connectivity index (χ4v) is 4.53. The molecule has 1 N–H and O–H groups in total. The Hall–Kier alpha value is -3.90. The molecule has 0 saturated heterocycles. The quantitative estimate of drug-likeness (QED) is 0.440. The minimum atomic E-state index is -0.382. The standard InChI is InChI=1S/C25H18N2O3S/c1-30-18-10-5-9-17(15-18)26-23-22(21-13-6-14-31-21)24(28)27(25(23)29)20-12-4-8-16-7-2-3-11-19(16)20/h2-15,26H,1H3. The monoisotopic (exact) mass is 426 g/mol. The highest BCUT2D eigenvalue weighted by Gasteiger charge is 2.41. The topological polar surface area (TPSA) is 58.6 Å². The Bertz CT molecular complexity index is 1340. The van der Waals surface area contributed by atoms with Crippen molar-refractivity contribution in [2.75, 3.05) is 17.3 Å². The van der Waals surface area contributed by atoms with Crippen molar-refractivity contribution in [3.05, 3.63) is 94.8 Å². The summed E-state index contributed by atoms with van der Waals surface area (Å²) in [6, 6.07) is 24.3. The number of rotatable bonds is 5. The molecular weight excluding hydrogens is 408 g/mol. The molecule has 5 nitrogen and oxygen atoms in total. The van der Waals surface area contributed by atoms with E-state index in [2.05, 4.69) is 5.32 Å². The van der Waals surface area contributed by atoms with E-state index in [-0.39, 0.29) is 17.5 Å². The molecule has 4 aromatic rings. The lowest BCUT2D eigenvalue weighted by atomic mass is 10.1. The maximum atomic E-state index is 13.6. The van der Waals surface area contributed by atoms with Gasteiger partial charge < -0.3 is 10.1 Å². The fraction of sp³-hybridized carbons (Fsp3) is 0.0400. The number of hydrogen-bond acceptors (Lipinski definition) is 5. The average Bonchev–Trinajstić information content (AvgIpc) is 3.40. The maximum absolute atomic E-state index is 13.6. The predicted octanol–water partition coefficient (Wildman–Crippen LogP) is 5.31. The van der Waals surface area contributed by atoms with Gasteiger partial charge in [-0.3, -0.25) is 9.59 Å². The van der Waals surface area contributed by atoms with Crippen molar-refractivity contribution in [2.45, 2.75) is 0 Å². The van der Waals surface area contributed by atoms with Crippen LogP contribution < -0.4 is 15.0 Å². The van der Waals surface area contributed by atoms with Crippen LogP contribution in [-0.2, 0) is 9.59 Å². The summed E-state index contributed by atoms with van der Waals surface area (Å²) < 4.78 is 5.29. The first-order valence-electron chi connectivity index (χ1n) is 9.73. The summed E-state index contributed by atoms with van der Waals surface area (Å²) in [7, 11) is 1.59. The first-order chi connectivity index (χ1) is 15.2. The van der Waals surface area contributed by atoms with Gasteiger partial charge in [0.15, 0.2) is 0 Å². The predicted molar refractivity (Wildman–Crippen MR) is 124 cm³/mol. The van der Waals surface area contributed by atoms with Gasteiger partial charge in [-0.15, -0.1) is 11.3 Å². The Kier molecular flexibility index (Phi) is 4.76. The van der Waals surface area contributed by atoms with E-state index in [0.717, 1.165) is 15.6 Å². The molecule has 0 saturated carbocycles. The Labute approximate surface area is 183 Å². The molecule has 0 radical (unpaired) electrons. The van der Waals surface area contributed by atoms with E-state index in [1.54, 1.807) is 19.2 Å². The number of hydrogen-bond donors (Lipinski definition) is 1. The summed E-state index contributed by atoms with van der Waals surface area (Å²) >= 11 is 1.43. The number of imide groups is 1. The van der Waals surface area contributed by atoms with E-state index >= 15 is 0 Å². The molecule has 0 unspecified atom stereocenters. The molecule has 2 amide bonds. The second-order valence-corrected chi connectivity index (χ2v) is 7.98. The molecule has 3 aromatic carbocycles. The SMILES string of the molecule is COc1cccc(NC2=C(c3cccs3)C(=O)N(c3cccc4ccccc34)C2=O)c1. The average molecular weight is 426 g/mol. The molecule has 2 heterocycles. The molecule has 31 heavy (non-hydrogen) atoms. The number of thiophene rings is 1. The van der Waals surface area contributed by atoms with Gasteiger partial charge >= 0.3 is 0 Å². The summed E-state index contributed by atoms with van der Waals surface area (Å²) in [4.78, 5) is 29.2. The van der Waals surface area contributed by atoms with E-state index in [1.807, 2.05) is 72.1 Å². The van der Waals surface area contributed by atoms with Crippen molar-refractivity contribution < 1.29 is 14.3 Å². The number of methoxy groups -OCH3 is 1. The number of carbonyl (C=O) groups excluding carboxylic acids is 2. The third kappa shape index (κ3) is 3.27. The zero-order chi connectivity index (χ0) is 21.4. The number of anilines is 2. The van der Waals surface area contributed by atoms with Crippen molar-refractivity contribution in [1.82, 2.24) is 0 Å². The van der Waals surface area contributed by atoms with Crippen molar-refractivity contribution in [2.24, 2.45) is 0 Å². The van der Waals surface area contributed by atoms with Crippen LogP contribution in [0.15, 0.2) is 89.9 Å². The van der Waals surface area contributed by atoms with Gasteiger partial charge in [0, 0.05) is 22.0 Å². The first-order valence-corrected chi connectivity index (χ1v) is 10.6. The molecule has 0 bridgehead atoms. The zero-order valence-electron chi connectivity index (χ0n) is 16.7. The molecule has 0 spiro atoms. The molecule has 1 aliphatic heterocycles. The summed E-state index contributed by atoms with van der Waals surface area (Å²) in [5, 5.41) is 6.88. The number of nitrogens with zero attached hydrogens (tertiary/aromatic N) is 1. The summed E-state index contributed by atoms with van der Waals surface area (Å²) in [6.45, 7) is 0. The van der Waals surface area contributed by atoms with Crippen LogP contribution in [0.25, 0.3) is 16.3 Å². The van der Waals surface area contributed by atoms with E-state index in [0.29, 0.717) is 22.7 Å². The lowest BCUT2D eigenvalue weighted by molar-refractivity contribution is -0.120. The number of amides is 2. The van der Waals surface area contributed by atoms with Crippen LogP contribution in [-0.4, -0.2) is 18.9 Å². The van der Waals surface area contributed by atoms with Gasteiger partial charge in [-0.2, -0.15) is 0 Å². The van der Waals surface area contributed by atoms with Crippen LogP contribution in [0.4, 0.5) is 11.4 Å². The van der Waals surface area contributed by atoms with Gasteiger partial charge in [-0.25, -0.2) is 4.90 Å². The third-order valence-electron chi connectivity index (χ3n) is 5.20. The van der Waals surface area contributed by atoms with Crippen molar-refractivity contribution in [3.8, 4) is 5.75 Å². The second kappa shape index (κ2) is 7.74. The van der Waals surface area contributed by atoms with Gasteiger partial charge in [-0.1, -0.05) is 48.5 Å². The van der Waals surface area contributed by atoms with Gasteiger partial charge in [0.2, 0.25) is 0 Å². The maximum Gasteiger partial charge on any atom is 0.282 e. The molecule has 1 aliphatic rings. The molecule has 0 fully saturated rings. The minimum absolute atomic E-state index is 0.258. The van der Waals surface area contributed by atoms with E-state index in [1.165, 1.54) is 16.2 Å². The highest BCUT2D eigenvalue weighted by Crippen LogP contribution is 2.38. The van der Waals surface area contributed by atoms with Crippen molar-refractivity contribution in [3.63, 3.8) is 0 Å². The van der Waals surface area contributed by atoms with Crippen LogP contribution in [0.2, 0.25) is 0 Å². The van der Waals surface area contributed by atoms with Gasteiger partial charge in [-0.05, 0) is 35.0 Å². The van der Waals surface area contributed by atoms with Crippen LogP contribution >= 0.6 is 11.3 Å². The Morgan fingerprint density at radius 3 is 2.48 bits per heavy atom. The third-order valence-corrected chi connectivity index (χ3v) is 6.09. The lowest BCUT2D eigenvalue weighted by Crippen LogP contribution is -2.32. The van der Waals surface area contributed by atoms with Crippen LogP contribution in [0.3, 0.4) is 0 Å². The first kappa shape index (κ1) is 19.1. The number of benzene rings is 3. The molecule has 0 atom stereocenters. The Morgan fingerprint density at radius 1 is 0.871 bits per heavy atom. The van der Waals surface area contributed by atoms with E-state index < -0.39 is 0 Å². The van der Waals surface area contributed by atoms with Gasteiger partial charge in [0.05, 0.1) is 18.4 Å². The smallest absolute Gasteiger partial charge is 0.282 e. The largest absolute Gasteiger partial charge is 0.497 e. The lowest BCUT2D eigenvalue weighted by Gasteiger charge is -2.17. The van der Waals surface area contributed by atoms with Crippen molar-refractivity contribution >= 4 is 50.9 Å². The summed E-state index contributed by atoms with van der Waals surface area (Å²) in [6.07, 6.45) is 0. The summed E-state index contributed by atoms with van der Waals surface area (Å²) in [5.41, 5.74) is 1.87. The Balaban J connectivity index is 1.64. The molecule has 152 valence electrons. The molecule has 1 aromatic heterocycles. The van der Waals surface area contributed by atoms with Crippen LogP contribution in [0.5, 0.6) is 5.75 Å². The molecular formula is C25H18N2O3S. The highest BCUT2D eigenvalue weighted by atomic mass is 32.1. The van der Waals surface area contributed by atoms with Crippen LogP contribution in [0.1, 0.15) is 4.88 Å². The number of nitrogens with one attached hydrogen (secondary N) is 1. The van der Waals surface area contributed by atoms with E-state index in [4.69, 9.17) is 4.74 Å². The van der Waals surface area contributed by atoms with Crippen molar-refractivity contribution in [1.29, 1.82) is 0 Å². The van der Waals surface area contributed by atoms with Gasteiger partial charge in [0.25, 0.3) is 11.8 Å². The summed E-state index contributed by atoms with van der Waals surface area (Å²) in [5.74, 6) is -0.0623. The fourth-order valence-electron chi connectivity index (χ4n) is 3.76. The van der Waals surface area contributed by atoms with Gasteiger partial charge in [0.1, 0.15) is 11.4 Å². The number of carbonyl (C=O) groups is 2. The van der Waals surface area contributed by atoms with E-state index in [9.17, 15) is 9.59 Å². The number of fused-ring (bicyclic) bond motifs is 1. The number of ether oxygens (including phenoxy) is 1. The molecule has 6 heteroatoms. The second-order valence-electron chi connectivity index (χ2n) is 7.03.